The summed E-state index contributed by atoms with van der Waals surface area (Å²) in [4.78, 5) is 0. The molecule has 1 atom stereocenters. The molecule has 1 aromatic rings. The van der Waals surface area contributed by atoms with Crippen LogP contribution in [0.3, 0.4) is 0 Å². The van der Waals surface area contributed by atoms with Crippen molar-refractivity contribution in [3.05, 3.63) is 40.6 Å². The minimum absolute atomic E-state index is 0.325. The van der Waals surface area contributed by atoms with E-state index in [9.17, 15) is 10.4 Å². The minimum atomic E-state index is -0.714. The second-order valence-corrected chi connectivity index (χ2v) is 9.15. The van der Waals surface area contributed by atoms with Crippen LogP contribution in [-0.2, 0) is 0 Å². The van der Waals surface area contributed by atoms with E-state index in [1.165, 1.54) is 5.56 Å². The molecule has 4 heteroatoms. The first kappa shape index (κ1) is 19.8. The summed E-state index contributed by atoms with van der Waals surface area (Å²) in [5.74, 6) is 2.04. The Morgan fingerprint density at radius 3 is 1.92 bits per heavy atom. The number of amidine groups is 1. The van der Waals surface area contributed by atoms with Gasteiger partial charge >= 0.3 is 5.84 Å². The second kappa shape index (κ2) is 6.64. The zero-order valence-corrected chi connectivity index (χ0v) is 17.0. The lowest BCUT2D eigenvalue weighted by Gasteiger charge is -2.33. The van der Waals surface area contributed by atoms with Gasteiger partial charge in [-0.05, 0) is 69.6 Å². The van der Waals surface area contributed by atoms with Crippen LogP contribution in [0.25, 0.3) is 0 Å². The van der Waals surface area contributed by atoms with E-state index in [0.717, 1.165) is 21.8 Å². The van der Waals surface area contributed by atoms with E-state index in [4.69, 9.17) is 0 Å². The van der Waals surface area contributed by atoms with Crippen molar-refractivity contribution in [2.24, 2.45) is 11.8 Å². The van der Waals surface area contributed by atoms with Gasteiger partial charge in [-0.25, -0.2) is 5.21 Å². The van der Waals surface area contributed by atoms with Crippen LogP contribution < -0.4 is 0 Å². The van der Waals surface area contributed by atoms with Gasteiger partial charge in [0.2, 0.25) is 0 Å². The summed E-state index contributed by atoms with van der Waals surface area (Å²) in [6.07, 6.45) is 1.15. The Morgan fingerprint density at radius 2 is 1.56 bits per heavy atom. The summed E-state index contributed by atoms with van der Waals surface area (Å²) in [5, 5.41) is 24.5. The number of rotatable bonds is 5. The Labute approximate surface area is 152 Å². The fourth-order valence-corrected chi connectivity index (χ4v) is 3.54. The molecule has 1 unspecified atom stereocenters. The van der Waals surface area contributed by atoms with Crippen LogP contribution in [-0.4, -0.2) is 31.9 Å². The molecule has 0 saturated heterocycles. The summed E-state index contributed by atoms with van der Waals surface area (Å²) in [7, 11) is 0. The maximum Gasteiger partial charge on any atom is 0.313 e. The van der Waals surface area contributed by atoms with Crippen LogP contribution in [0.15, 0.2) is 24.3 Å². The lowest BCUT2D eigenvalue weighted by molar-refractivity contribution is -0.539. The van der Waals surface area contributed by atoms with E-state index in [1.807, 2.05) is 39.8 Å². The van der Waals surface area contributed by atoms with Crippen molar-refractivity contribution in [1.29, 1.82) is 0 Å². The van der Waals surface area contributed by atoms with E-state index >= 15 is 0 Å². The highest BCUT2D eigenvalue weighted by molar-refractivity contribution is 5.96. The molecule has 0 aromatic heterocycles. The van der Waals surface area contributed by atoms with Crippen LogP contribution in [0.4, 0.5) is 0 Å². The Balaban J connectivity index is 2.39. The SMILES string of the molecule is CC(C)CC(c1ccc(C2=[N+]([O-])C(C)(C)C(C)(C)N2O)cc1)C(C)C. The Morgan fingerprint density at radius 1 is 1.04 bits per heavy atom. The van der Waals surface area contributed by atoms with Gasteiger partial charge in [-0.15, -0.1) is 5.06 Å². The lowest BCUT2D eigenvalue weighted by Crippen LogP contribution is -2.53. The van der Waals surface area contributed by atoms with E-state index in [-0.39, 0.29) is 0 Å². The van der Waals surface area contributed by atoms with Crippen LogP contribution >= 0.6 is 0 Å². The van der Waals surface area contributed by atoms with Gasteiger partial charge in [0, 0.05) is 0 Å². The van der Waals surface area contributed by atoms with E-state index in [1.54, 1.807) is 0 Å². The predicted molar refractivity (Wildman–Crippen MR) is 103 cm³/mol. The topological polar surface area (TPSA) is 49.5 Å². The average Bonchev–Trinajstić information content (AvgIpc) is 2.63. The van der Waals surface area contributed by atoms with Gasteiger partial charge in [0.1, 0.15) is 5.54 Å². The molecule has 4 nitrogen and oxygen atoms in total. The van der Waals surface area contributed by atoms with Gasteiger partial charge in [-0.3, -0.25) is 4.74 Å². The van der Waals surface area contributed by atoms with Crippen molar-refractivity contribution in [3.63, 3.8) is 0 Å². The molecular formula is C21H34N2O2. The van der Waals surface area contributed by atoms with Gasteiger partial charge in [0.25, 0.3) is 0 Å². The fourth-order valence-electron chi connectivity index (χ4n) is 3.54. The maximum absolute atomic E-state index is 12.8. The highest BCUT2D eigenvalue weighted by Gasteiger charge is 2.58. The predicted octanol–water partition coefficient (Wildman–Crippen LogP) is 4.99. The van der Waals surface area contributed by atoms with Crippen LogP contribution in [0.2, 0.25) is 0 Å². The number of hydrogen-bond acceptors (Lipinski definition) is 3. The van der Waals surface area contributed by atoms with Crippen molar-refractivity contribution in [1.82, 2.24) is 5.06 Å². The van der Waals surface area contributed by atoms with Crippen molar-refractivity contribution in [3.8, 4) is 0 Å². The molecule has 2 rings (SSSR count). The molecule has 0 amide bonds. The minimum Gasteiger partial charge on any atom is -0.714 e. The molecule has 1 aliphatic heterocycles. The molecule has 1 aromatic carbocycles. The summed E-state index contributed by atoms with van der Waals surface area (Å²) in [6.45, 7) is 16.5. The van der Waals surface area contributed by atoms with E-state index in [0.29, 0.717) is 23.6 Å². The summed E-state index contributed by atoms with van der Waals surface area (Å²) in [5.41, 5.74) is 0.674. The van der Waals surface area contributed by atoms with Gasteiger partial charge in [0.15, 0.2) is 5.54 Å². The summed E-state index contributed by atoms with van der Waals surface area (Å²) in [6, 6.07) is 8.14. The smallest absolute Gasteiger partial charge is 0.313 e. The Bertz CT molecular complexity index is 642. The van der Waals surface area contributed by atoms with E-state index in [2.05, 4.69) is 39.8 Å². The first-order chi connectivity index (χ1) is 11.4. The fraction of sp³-hybridized carbons (Fsp3) is 0.667. The highest BCUT2D eigenvalue weighted by atomic mass is 16.5. The highest BCUT2D eigenvalue weighted by Crippen LogP contribution is 2.37. The quantitative estimate of drug-likeness (QED) is 0.603. The van der Waals surface area contributed by atoms with E-state index < -0.39 is 11.1 Å². The molecule has 0 radical (unpaired) electrons. The largest absolute Gasteiger partial charge is 0.714 e. The Hall–Kier alpha value is -1.55. The summed E-state index contributed by atoms with van der Waals surface area (Å²) < 4.78 is 0.941. The zero-order valence-electron chi connectivity index (χ0n) is 17.0. The molecule has 0 saturated carbocycles. The maximum atomic E-state index is 12.8. The standard InChI is InChI=1S/C21H34N2O2/c1-14(2)13-18(15(3)4)16-9-11-17(12-10-16)19-22(24)20(5,6)21(7,8)23(19)25/h9-12,14-15,18,24H,13H2,1-8H3. The van der Waals surface area contributed by atoms with Crippen LogP contribution in [0.1, 0.15) is 78.9 Å². The van der Waals surface area contributed by atoms with Crippen molar-refractivity contribution < 1.29 is 9.95 Å². The zero-order chi connectivity index (χ0) is 19.2. The number of benzene rings is 1. The molecular weight excluding hydrogens is 312 g/mol. The van der Waals surface area contributed by atoms with Gasteiger partial charge < -0.3 is 5.21 Å². The monoisotopic (exact) mass is 346 g/mol. The van der Waals surface area contributed by atoms with Crippen molar-refractivity contribution >= 4 is 5.84 Å². The molecule has 1 heterocycles. The molecule has 0 fully saturated rings. The normalized spacial score (nSPS) is 20.7. The first-order valence-corrected chi connectivity index (χ1v) is 9.35. The molecule has 0 spiro atoms. The second-order valence-electron chi connectivity index (χ2n) is 9.15. The average molecular weight is 347 g/mol. The lowest BCUT2D eigenvalue weighted by atomic mass is 9.82. The summed E-state index contributed by atoms with van der Waals surface area (Å²) >= 11 is 0. The molecule has 1 N–H and O–H groups in total. The first-order valence-electron chi connectivity index (χ1n) is 9.35. The molecule has 140 valence electrons. The Kier molecular flexibility index (Phi) is 5.25. The third-order valence-corrected chi connectivity index (χ3v) is 6.05. The van der Waals surface area contributed by atoms with Gasteiger partial charge in [-0.1, -0.05) is 39.8 Å². The third kappa shape index (κ3) is 3.29. The van der Waals surface area contributed by atoms with Gasteiger partial charge in [-0.2, -0.15) is 0 Å². The third-order valence-electron chi connectivity index (χ3n) is 6.05. The number of nitrogens with zero attached hydrogens (tertiary/aromatic N) is 2. The van der Waals surface area contributed by atoms with Gasteiger partial charge in [0.05, 0.1) is 5.56 Å². The van der Waals surface area contributed by atoms with Crippen molar-refractivity contribution in [2.45, 2.75) is 78.8 Å². The molecule has 0 bridgehead atoms. The molecule has 0 aliphatic carbocycles. The van der Waals surface area contributed by atoms with Crippen LogP contribution in [0, 0.1) is 17.0 Å². The van der Waals surface area contributed by atoms with Crippen molar-refractivity contribution in [2.75, 3.05) is 0 Å². The number of hydroxylamine groups is 3. The number of hydrogen-bond donors (Lipinski definition) is 1. The molecule has 25 heavy (non-hydrogen) atoms. The van der Waals surface area contributed by atoms with Crippen LogP contribution in [0.5, 0.6) is 0 Å². The molecule has 1 aliphatic rings.